The van der Waals surface area contributed by atoms with Gasteiger partial charge in [0.05, 0.1) is 19.4 Å². The summed E-state index contributed by atoms with van der Waals surface area (Å²) in [6.45, 7) is 7.74. The van der Waals surface area contributed by atoms with Gasteiger partial charge >= 0.3 is 0 Å². The lowest BCUT2D eigenvalue weighted by atomic mass is 9.99. The maximum Gasteiger partial charge on any atom is 0.120 e. The van der Waals surface area contributed by atoms with Gasteiger partial charge in [0.2, 0.25) is 0 Å². The standard InChI is InChI=1S/C9H16N2OS/c1-9(2,3)6-12-5-8-11-4-7(10)13-8/h4H,5-6,10H2,1-3H3. The van der Waals surface area contributed by atoms with E-state index in [1.54, 1.807) is 6.20 Å². The minimum atomic E-state index is 0.211. The van der Waals surface area contributed by atoms with Gasteiger partial charge < -0.3 is 10.5 Å². The summed E-state index contributed by atoms with van der Waals surface area (Å²) in [4.78, 5) is 4.10. The summed E-state index contributed by atoms with van der Waals surface area (Å²) in [6, 6.07) is 0. The predicted octanol–water partition coefficient (Wildman–Crippen LogP) is 2.29. The molecule has 0 saturated heterocycles. The van der Waals surface area contributed by atoms with Gasteiger partial charge in [0.25, 0.3) is 0 Å². The number of hydrogen-bond acceptors (Lipinski definition) is 4. The third kappa shape index (κ3) is 4.24. The highest BCUT2D eigenvalue weighted by Gasteiger charge is 2.10. The number of anilines is 1. The van der Waals surface area contributed by atoms with Crippen molar-refractivity contribution in [3.8, 4) is 0 Å². The maximum atomic E-state index is 5.54. The van der Waals surface area contributed by atoms with Gasteiger partial charge in [-0.2, -0.15) is 0 Å². The third-order valence-corrected chi connectivity index (χ3v) is 2.13. The minimum Gasteiger partial charge on any atom is -0.389 e. The molecule has 1 aromatic rings. The fourth-order valence-corrected chi connectivity index (χ4v) is 1.46. The monoisotopic (exact) mass is 200 g/mol. The van der Waals surface area contributed by atoms with Crippen molar-refractivity contribution in [3.05, 3.63) is 11.2 Å². The Morgan fingerprint density at radius 3 is 2.69 bits per heavy atom. The quantitative estimate of drug-likeness (QED) is 0.814. The molecule has 1 heterocycles. The highest BCUT2D eigenvalue weighted by Crippen LogP contribution is 2.18. The van der Waals surface area contributed by atoms with Crippen LogP contribution in [0.15, 0.2) is 6.20 Å². The fourth-order valence-electron chi connectivity index (χ4n) is 0.836. The molecule has 74 valence electrons. The first kappa shape index (κ1) is 10.5. The number of hydrogen-bond donors (Lipinski definition) is 1. The molecule has 0 unspecified atom stereocenters. The normalized spacial score (nSPS) is 11.9. The predicted molar refractivity (Wildman–Crippen MR) is 55.6 cm³/mol. The van der Waals surface area contributed by atoms with E-state index in [1.165, 1.54) is 11.3 Å². The zero-order chi connectivity index (χ0) is 9.90. The second kappa shape index (κ2) is 4.07. The molecule has 1 rings (SSSR count). The Bertz CT molecular complexity index is 265. The molecule has 13 heavy (non-hydrogen) atoms. The highest BCUT2D eigenvalue weighted by atomic mass is 32.1. The smallest absolute Gasteiger partial charge is 0.120 e. The number of thiazole rings is 1. The van der Waals surface area contributed by atoms with Crippen LogP contribution in [0.5, 0.6) is 0 Å². The molecule has 0 aliphatic heterocycles. The van der Waals surface area contributed by atoms with E-state index in [0.29, 0.717) is 6.61 Å². The fraction of sp³-hybridized carbons (Fsp3) is 0.667. The molecule has 1 aromatic heterocycles. The molecule has 0 aliphatic rings. The minimum absolute atomic E-state index is 0.211. The Kier molecular flexibility index (Phi) is 3.27. The van der Waals surface area contributed by atoms with Crippen LogP contribution in [0.25, 0.3) is 0 Å². The van der Waals surface area contributed by atoms with Crippen LogP contribution in [-0.2, 0) is 11.3 Å². The zero-order valence-electron chi connectivity index (χ0n) is 8.33. The van der Waals surface area contributed by atoms with E-state index in [9.17, 15) is 0 Å². The van der Waals surface area contributed by atoms with Crippen LogP contribution < -0.4 is 5.73 Å². The lowest BCUT2D eigenvalue weighted by Gasteiger charge is -2.17. The lowest BCUT2D eigenvalue weighted by Crippen LogP contribution is -2.14. The van der Waals surface area contributed by atoms with Crippen LogP contribution in [0, 0.1) is 5.41 Å². The largest absolute Gasteiger partial charge is 0.389 e. The summed E-state index contributed by atoms with van der Waals surface area (Å²) in [7, 11) is 0. The topological polar surface area (TPSA) is 48.1 Å². The van der Waals surface area contributed by atoms with E-state index in [2.05, 4.69) is 25.8 Å². The van der Waals surface area contributed by atoms with Gasteiger partial charge in [-0.3, -0.25) is 0 Å². The van der Waals surface area contributed by atoms with Crippen LogP contribution >= 0.6 is 11.3 Å². The van der Waals surface area contributed by atoms with Crippen LogP contribution in [0.4, 0.5) is 5.00 Å². The SMILES string of the molecule is CC(C)(C)COCc1ncc(N)s1. The number of nitrogens with two attached hydrogens (primary N) is 1. The van der Waals surface area contributed by atoms with Crippen LogP contribution in [0.1, 0.15) is 25.8 Å². The average molecular weight is 200 g/mol. The van der Waals surface area contributed by atoms with Crippen LogP contribution in [-0.4, -0.2) is 11.6 Å². The zero-order valence-corrected chi connectivity index (χ0v) is 9.15. The summed E-state index contributed by atoms with van der Waals surface area (Å²) in [5.41, 5.74) is 5.75. The molecule has 0 bridgehead atoms. The Balaban J connectivity index is 2.28. The van der Waals surface area contributed by atoms with E-state index in [-0.39, 0.29) is 5.41 Å². The van der Waals surface area contributed by atoms with Gasteiger partial charge in [0.15, 0.2) is 0 Å². The molecule has 3 nitrogen and oxygen atoms in total. The first-order valence-corrected chi connectivity index (χ1v) is 5.07. The van der Waals surface area contributed by atoms with Gasteiger partial charge in [0, 0.05) is 0 Å². The number of rotatable bonds is 3. The number of nitrogens with zero attached hydrogens (tertiary/aromatic N) is 1. The summed E-state index contributed by atoms with van der Waals surface area (Å²) in [6.07, 6.45) is 1.67. The number of aromatic nitrogens is 1. The van der Waals surface area contributed by atoms with Crippen molar-refractivity contribution < 1.29 is 4.74 Å². The first-order chi connectivity index (χ1) is 5.97. The Labute approximate surface area is 82.9 Å². The highest BCUT2D eigenvalue weighted by molar-refractivity contribution is 7.15. The van der Waals surface area contributed by atoms with Crippen molar-refractivity contribution in [1.29, 1.82) is 0 Å². The third-order valence-electron chi connectivity index (χ3n) is 1.33. The summed E-state index contributed by atoms with van der Waals surface area (Å²) < 4.78 is 5.49. The van der Waals surface area contributed by atoms with Crippen molar-refractivity contribution >= 4 is 16.3 Å². The molecule has 0 radical (unpaired) electrons. The van der Waals surface area contributed by atoms with Crippen molar-refractivity contribution in [2.45, 2.75) is 27.4 Å². The molecule has 0 spiro atoms. The lowest BCUT2D eigenvalue weighted by molar-refractivity contribution is 0.0598. The molecule has 0 aliphatic carbocycles. The average Bonchev–Trinajstić information content (AvgIpc) is 2.33. The molecule has 0 amide bonds. The Hall–Kier alpha value is -0.610. The molecular formula is C9H16N2OS. The molecule has 2 N–H and O–H groups in total. The van der Waals surface area contributed by atoms with Gasteiger partial charge in [-0.1, -0.05) is 32.1 Å². The maximum absolute atomic E-state index is 5.54. The molecule has 0 fully saturated rings. The summed E-state index contributed by atoms with van der Waals surface area (Å²) in [5.74, 6) is 0. The van der Waals surface area contributed by atoms with E-state index in [4.69, 9.17) is 10.5 Å². The Morgan fingerprint density at radius 2 is 2.23 bits per heavy atom. The van der Waals surface area contributed by atoms with Crippen molar-refractivity contribution in [2.24, 2.45) is 5.41 Å². The summed E-state index contributed by atoms with van der Waals surface area (Å²) >= 11 is 1.48. The summed E-state index contributed by atoms with van der Waals surface area (Å²) in [5, 5.41) is 1.69. The first-order valence-electron chi connectivity index (χ1n) is 4.25. The molecule has 0 aromatic carbocycles. The van der Waals surface area contributed by atoms with Crippen molar-refractivity contribution in [2.75, 3.05) is 12.3 Å². The molecule has 0 atom stereocenters. The molecular weight excluding hydrogens is 184 g/mol. The van der Waals surface area contributed by atoms with Crippen molar-refractivity contribution in [3.63, 3.8) is 0 Å². The van der Waals surface area contributed by atoms with E-state index in [1.807, 2.05) is 0 Å². The van der Waals surface area contributed by atoms with Crippen molar-refractivity contribution in [1.82, 2.24) is 4.98 Å². The van der Waals surface area contributed by atoms with E-state index in [0.717, 1.165) is 16.6 Å². The number of nitrogen functional groups attached to an aromatic ring is 1. The second-order valence-electron chi connectivity index (χ2n) is 4.21. The number of ether oxygens (including phenoxy) is 1. The molecule has 4 heteroatoms. The molecule has 0 saturated carbocycles. The second-order valence-corrected chi connectivity index (χ2v) is 5.36. The van der Waals surface area contributed by atoms with Gasteiger partial charge in [0.1, 0.15) is 10.0 Å². The van der Waals surface area contributed by atoms with Crippen LogP contribution in [0.2, 0.25) is 0 Å². The van der Waals surface area contributed by atoms with E-state index < -0.39 is 0 Å². The Morgan fingerprint density at radius 1 is 1.54 bits per heavy atom. The van der Waals surface area contributed by atoms with Gasteiger partial charge in [-0.25, -0.2) is 4.98 Å². The van der Waals surface area contributed by atoms with Gasteiger partial charge in [-0.15, -0.1) is 0 Å². The van der Waals surface area contributed by atoms with Gasteiger partial charge in [-0.05, 0) is 5.41 Å². The van der Waals surface area contributed by atoms with Crippen LogP contribution in [0.3, 0.4) is 0 Å². The van der Waals surface area contributed by atoms with E-state index >= 15 is 0 Å².